The molecule has 0 aliphatic carbocycles. The Balaban J connectivity index is 1.47. The summed E-state index contributed by atoms with van der Waals surface area (Å²) in [5.41, 5.74) is -4.32. The van der Waals surface area contributed by atoms with Gasteiger partial charge in [-0.15, -0.1) is 0 Å². The summed E-state index contributed by atoms with van der Waals surface area (Å²) in [7, 11) is 0. The normalized spacial score (nSPS) is 20.0. The van der Waals surface area contributed by atoms with Gasteiger partial charge < -0.3 is 9.30 Å². The Morgan fingerprint density at radius 1 is 0.610 bits per heavy atom. The monoisotopic (exact) mass is 544 g/mol. The Labute approximate surface area is 264 Å². The second-order valence-corrected chi connectivity index (χ2v) is 9.68. The van der Waals surface area contributed by atoms with Crippen molar-refractivity contribution in [2.45, 2.75) is 19.1 Å². The van der Waals surface area contributed by atoms with E-state index in [1.807, 2.05) is 59.2 Å². The molecular formula is C39H29NO. The topological polar surface area (TPSA) is 14.2 Å². The molecule has 0 saturated heterocycles. The molecule has 8 rings (SSSR count). The molecule has 6 aromatic carbocycles. The zero-order valence-corrected chi connectivity index (χ0v) is 21.3. The highest BCUT2D eigenvalue weighted by Crippen LogP contribution is 2.48. The van der Waals surface area contributed by atoms with Gasteiger partial charge in [0.1, 0.15) is 11.5 Å². The zero-order chi connectivity index (χ0) is 42.1. The molecule has 0 saturated carbocycles. The number of ether oxygens (including phenoxy) is 1. The molecule has 0 bridgehead atoms. The number of nitrogens with zero attached hydrogens (tertiary/aromatic N) is 1. The lowest BCUT2D eigenvalue weighted by Gasteiger charge is -2.34. The maximum absolute atomic E-state index is 9.50. The number of aromatic nitrogens is 1. The van der Waals surface area contributed by atoms with Crippen molar-refractivity contribution in [2.75, 3.05) is 0 Å². The quantitative estimate of drug-likeness (QED) is 0.216. The number of rotatable bonds is 3. The van der Waals surface area contributed by atoms with Crippen LogP contribution in [0.5, 0.6) is 11.5 Å². The first-order valence-corrected chi connectivity index (χ1v) is 12.8. The minimum Gasteiger partial charge on any atom is -0.457 e. The van der Waals surface area contributed by atoms with Gasteiger partial charge in [-0.2, -0.15) is 0 Å². The molecule has 2 nitrogen and oxygen atoms in total. The lowest BCUT2D eigenvalue weighted by molar-refractivity contribution is 0.418. The molecular weight excluding hydrogens is 498 g/mol. The Hall–Kier alpha value is -5.08. The Bertz CT molecular complexity index is 2900. The molecule has 0 atom stereocenters. The molecule has 1 aliphatic rings. The molecule has 0 radical (unpaired) electrons. The van der Waals surface area contributed by atoms with Crippen molar-refractivity contribution < 1.29 is 28.0 Å². The van der Waals surface area contributed by atoms with E-state index in [0.717, 1.165) is 22.1 Å². The fraction of sp³-hybridized carbons (Fsp3) is 0.0769. The van der Waals surface area contributed by atoms with Crippen molar-refractivity contribution in [3.8, 4) is 39.4 Å². The molecule has 0 amide bonds. The summed E-state index contributed by atoms with van der Waals surface area (Å²) in [6.45, 7) is -7.46. The first kappa shape index (κ1) is 12.2. The van der Waals surface area contributed by atoms with E-state index in [9.17, 15) is 2.74 Å². The van der Waals surface area contributed by atoms with E-state index in [2.05, 4.69) is 0 Å². The largest absolute Gasteiger partial charge is 0.457 e. The van der Waals surface area contributed by atoms with Gasteiger partial charge in [-0.1, -0.05) is 98.5 Å². The molecule has 1 aliphatic heterocycles. The Morgan fingerprint density at radius 2 is 1.34 bits per heavy atom. The first-order valence-electron chi connectivity index (χ1n) is 21.3. The lowest BCUT2D eigenvalue weighted by atomic mass is 9.75. The van der Waals surface area contributed by atoms with E-state index < -0.39 is 119 Å². The number of fused-ring (bicyclic) bond motifs is 5. The summed E-state index contributed by atoms with van der Waals surface area (Å²) in [5, 5.41) is 1.54. The van der Waals surface area contributed by atoms with Crippen molar-refractivity contribution in [1.29, 1.82) is 0 Å². The molecule has 0 N–H and O–H groups in total. The van der Waals surface area contributed by atoms with Gasteiger partial charge in [0.05, 0.1) is 26.1 Å². The Kier molecular flexibility index (Phi) is 2.67. The molecule has 0 unspecified atom stereocenters. The second kappa shape index (κ2) is 8.97. The van der Waals surface area contributed by atoms with Crippen molar-refractivity contribution in [1.82, 2.24) is 4.57 Å². The first-order chi connectivity index (χ1) is 27.2. The number of para-hydroxylation sites is 3. The fourth-order valence-corrected chi connectivity index (χ4v) is 5.33. The predicted molar refractivity (Wildman–Crippen MR) is 170 cm³/mol. The van der Waals surface area contributed by atoms with Gasteiger partial charge in [0.15, 0.2) is 0 Å². The van der Waals surface area contributed by atoms with Crippen LogP contribution in [0, 0.1) is 0 Å². The number of benzene rings is 6. The SMILES string of the molecule is [2H]c1c([2H])c([2H])c2c(c1[2H])Oc1c([2H])c([2H])c(-c3c([2H])c([2H])c([2H])c(-c4ccc5c(c4)c4ccccc4n5-c4ccccc4)c3[2H])c([2H])c1C2(C([2H])([2H])[2H])C([2H])([2H])[2H]. The lowest BCUT2D eigenvalue weighted by Crippen LogP contribution is -2.24. The van der Waals surface area contributed by atoms with Gasteiger partial charge >= 0.3 is 0 Å². The highest BCUT2D eigenvalue weighted by molar-refractivity contribution is 6.10. The molecule has 41 heavy (non-hydrogen) atoms. The molecule has 2 heterocycles. The van der Waals surface area contributed by atoms with Crippen molar-refractivity contribution in [2.24, 2.45) is 0 Å². The van der Waals surface area contributed by atoms with Crippen LogP contribution >= 0.6 is 0 Å². The summed E-state index contributed by atoms with van der Waals surface area (Å²) in [6, 6.07) is 12.7. The molecule has 2 heteroatoms. The predicted octanol–water partition coefficient (Wildman–Crippen LogP) is 10.5. The van der Waals surface area contributed by atoms with Gasteiger partial charge in [-0.3, -0.25) is 0 Å². The summed E-state index contributed by atoms with van der Waals surface area (Å²) in [5.74, 6) is -1.82. The van der Waals surface area contributed by atoms with Crippen molar-refractivity contribution in [3.05, 3.63) is 150 Å². The maximum Gasteiger partial charge on any atom is 0.131 e. The number of hydrogen-bond donors (Lipinski definition) is 0. The molecule has 196 valence electrons. The summed E-state index contributed by atoms with van der Waals surface area (Å²) in [4.78, 5) is 0. The van der Waals surface area contributed by atoms with Crippen LogP contribution in [-0.2, 0) is 5.41 Å². The van der Waals surface area contributed by atoms with E-state index in [1.54, 1.807) is 18.2 Å². The third-order valence-electron chi connectivity index (χ3n) is 7.24. The van der Waals surface area contributed by atoms with Crippen LogP contribution in [0.1, 0.15) is 48.1 Å². The van der Waals surface area contributed by atoms with Crippen molar-refractivity contribution >= 4 is 21.8 Å². The van der Waals surface area contributed by atoms with Crippen molar-refractivity contribution in [3.63, 3.8) is 0 Å². The summed E-state index contributed by atoms with van der Waals surface area (Å²) >= 11 is 0. The summed E-state index contributed by atoms with van der Waals surface area (Å²) < 4.78 is 158. The average Bonchev–Trinajstić information content (AvgIpc) is 3.51. The van der Waals surface area contributed by atoms with Crippen LogP contribution in [0.25, 0.3) is 49.7 Å². The molecule has 0 fully saturated rings. The Morgan fingerprint density at radius 3 is 2.22 bits per heavy atom. The van der Waals surface area contributed by atoms with Crippen LogP contribution in [0.2, 0.25) is 0 Å². The van der Waals surface area contributed by atoms with Crippen LogP contribution in [-0.4, -0.2) is 4.57 Å². The van der Waals surface area contributed by atoms with E-state index in [-0.39, 0.29) is 11.1 Å². The van der Waals surface area contributed by atoms with Crippen LogP contribution in [0.15, 0.2) is 139 Å². The van der Waals surface area contributed by atoms with E-state index in [1.165, 1.54) is 0 Å². The van der Waals surface area contributed by atoms with Gasteiger partial charge in [-0.25, -0.2) is 0 Å². The second-order valence-electron chi connectivity index (χ2n) is 9.68. The molecule has 7 aromatic rings. The van der Waals surface area contributed by atoms with Gasteiger partial charge in [0.2, 0.25) is 0 Å². The summed E-state index contributed by atoms with van der Waals surface area (Å²) in [6.07, 6.45) is 0. The van der Waals surface area contributed by atoms with Crippen LogP contribution in [0.4, 0.5) is 0 Å². The molecule has 1 aromatic heterocycles. The smallest absolute Gasteiger partial charge is 0.131 e. The van der Waals surface area contributed by atoms with Gasteiger partial charge in [0.25, 0.3) is 0 Å². The fourth-order valence-electron chi connectivity index (χ4n) is 5.33. The highest BCUT2D eigenvalue weighted by atomic mass is 16.5. The highest BCUT2D eigenvalue weighted by Gasteiger charge is 2.34. The van der Waals surface area contributed by atoms with E-state index >= 15 is 0 Å². The third-order valence-corrected chi connectivity index (χ3v) is 7.24. The zero-order valence-electron chi connectivity index (χ0n) is 38.3. The molecule has 0 spiro atoms. The number of hydrogen-bond acceptors (Lipinski definition) is 1. The van der Waals surface area contributed by atoms with E-state index in [4.69, 9.17) is 25.3 Å². The van der Waals surface area contributed by atoms with Gasteiger partial charge in [0, 0.05) is 41.2 Å². The third kappa shape index (κ3) is 3.72. The minimum absolute atomic E-state index is 0.189. The average molecular weight is 545 g/mol. The van der Waals surface area contributed by atoms with E-state index in [0.29, 0.717) is 5.39 Å². The maximum atomic E-state index is 9.50. The van der Waals surface area contributed by atoms with Gasteiger partial charge in [-0.05, 0) is 76.8 Å². The minimum atomic E-state index is -3.73. The van der Waals surface area contributed by atoms with Crippen LogP contribution in [0.3, 0.4) is 0 Å². The van der Waals surface area contributed by atoms with Crippen LogP contribution < -0.4 is 4.74 Å². The standard InChI is InChI=1S/C39H29NO/c1-39(2)33-16-7-9-18-37(33)41-38-22-20-29(25-34(38)39)27-12-10-11-26(23-27)28-19-21-36-32(24-28)31-15-6-8-17-35(31)40(36)30-13-4-3-5-14-30/h3-25H,1-2H3/i1D3,2D3,7D,9D,10D,11D,12D,16D,18D,20D,22D,23D,25D.